The number of carbonyl (C=O) groups excluding carboxylic acids is 3. The first kappa shape index (κ1) is 12.1. The largest absolute Gasteiger partial charge is 0.404 e. The van der Waals surface area contributed by atoms with Crippen molar-refractivity contribution in [3.63, 3.8) is 0 Å². The van der Waals surface area contributed by atoms with E-state index in [1.54, 1.807) is 18.2 Å². The number of carbonyl (C=O) groups is 3. The van der Waals surface area contributed by atoms with Crippen molar-refractivity contribution < 1.29 is 14.4 Å². The third-order valence-electron chi connectivity index (χ3n) is 3.23. The minimum absolute atomic E-state index is 0.367. The fraction of sp³-hybridized carbons (Fsp3) is 0.250. The fourth-order valence-corrected chi connectivity index (χ4v) is 2.18. The molecule has 18 heavy (non-hydrogen) atoms. The monoisotopic (exact) mass is 247 g/mol. The summed E-state index contributed by atoms with van der Waals surface area (Å²) in [4.78, 5) is 38.2. The lowest BCUT2D eigenvalue weighted by molar-refractivity contribution is -0.150. The number of allylic oxidation sites excluding steroid dienone is 3. The minimum atomic E-state index is -1.51. The summed E-state index contributed by atoms with van der Waals surface area (Å²) in [6, 6.07) is -0.644. The number of nitrogens with zero attached hydrogens (tertiary/aromatic N) is 2. The van der Waals surface area contributed by atoms with Crippen LogP contribution in [0.2, 0.25) is 0 Å². The number of hydrogen-bond acceptors (Lipinski definition) is 4. The van der Waals surface area contributed by atoms with Crippen molar-refractivity contribution in [3.05, 3.63) is 36.1 Å². The van der Waals surface area contributed by atoms with Crippen LogP contribution in [0.1, 0.15) is 0 Å². The first-order chi connectivity index (χ1) is 8.46. The third-order valence-corrected chi connectivity index (χ3v) is 3.23. The SMILES string of the molecule is CN1C(=O)N(C)C(=O)C2(C=CC=C/C2=C\N)C1=O. The Labute approximate surface area is 104 Å². The molecule has 2 N–H and O–H groups in total. The van der Waals surface area contributed by atoms with Gasteiger partial charge in [0.25, 0.3) is 11.8 Å². The smallest absolute Gasteiger partial charge is 0.332 e. The molecule has 0 aromatic carbocycles. The summed E-state index contributed by atoms with van der Waals surface area (Å²) in [5.41, 5.74) is 4.34. The van der Waals surface area contributed by atoms with Gasteiger partial charge < -0.3 is 5.73 Å². The van der Waals surface area contributed by atoms with E-state index in [4.69, 9.17) is 5.73 Å². The van der Waals surface area contributed by atoms with Crippen molar-refractivity contribution in [3.8, 4) is 0 Å². The quantitative estimate of drug-likeness (QED) is 0.610. The molecule has 1 aliphatic carbocycles. The summed E-state index contributed by atoms with van der Waals surface area (Å²) in [7, 11) is 2.69. The molecule has 1 spiro atoms. The van der Waals surface area contributed by atoms with E-state index in [2.05, 4.69) is 0 Å². The number of urea groups is 1. The van der Waals surface area contributed by atoms with Crippen LogP contribution in [0.25, 0.3) is 0 Å². The van der Waals surface area contributed by atoms with E-state index < -0.39 is 23.3 Å². The Hall–Kier alpha value is -2.37. The molecule has 0 aromatic heterocycles. The van der Waals surface area contributed by atoms with Crippen LogP contribution in [0.3, 0.4) is 0 Å². The molecule has 6 heteroatoms. The fourth-order valence-electron chi connectivity index (χ4n) is 2.18. The van der Waals surface area contributed by atoms with Gasteiger partial charge in [-0.25, -0.2) is 4.79 Å². The maximum atomic E-state index is 12.3. The summed E-state index contributed by atoms with van der Waals surface area (Å²) < 4.78 is 0. The maximum absolute atomic E-state index is 12.3. The molecule has 1 fully saturated rings. The van der Waals surface area contributed by atoms with Crippen molar-refractivity contribution >= 4 is 17.8 Å². The van der Waals surface area contributed by atoms with Gasteiger partial charge in [0, 0.05) is 14.1 Å². The second-order valence-electron chi connectivity index (χ2n) is 4.16. The molecule has 6 nitrogen and oxygen atoms in total. The molecule has 0 aromatic rings. The second kappa shape index (κ2) is 3.83. The highest BCUT2D eigenvalue weighted by Crippen LogP contribution is 2.39. The number of imide groups is 2. The third kappa shape index (κ3) is 1.25. The van der Waals surface area contributed by atoms with Crippen LogP contribution < -0.4 is 5.73 Å². The zero-order chi connectivity index (χ0) is 13.5. The highest BCUT2D eigenvalue weighted by atomic mass is 16.2. The molecule has 2 rings (SSSR count). The van der Waals surface area contributed by atoms with Crippen LogP contribution >= 0.6 is 0 Å². The van der Waals surface area contributed by atoms with E-state index in [9.17, 15) is 14.4 Å². The molecule has 0 radical (unpaired) electrons. The normalized spacial score (nSPS) is 24.6. The Bertz CT molecular complexity index is 507. The molecule has 0 unspecified atom stereocenters. The zero-order valence-electron chi connectivity index (χ0n) is 10.1. The number of nitrogens with two attached hydrogens (primary N) is 1. The maximum Gasteiger partial charge on any atom is 0.332 e. The van der Waals surface area contributed by atoms with Crippen molar-refractivity contribution in [2.45, 2.75) is 0 Å². The minimum Gasteiger partial charge on any atom is -0.404 e. The predicted molar refractivity (Wildman–Crippen MR) is 63.9 cm³/mol. The number of rotatable bonds is 0. The highest BCUT2D eigenvalue weighted by Gasteiger charge is 2.56. The Balaban J connectivity index is 2.64. The Morgan fingerprint density at radius 1 is 1.11 bits per heavy atom. The van der Waals surface area contributed by atoms with Crippen LogP contribution in [0.5, 0.6) is 0 Å². The summed E-state index contributed by atoms with van der Waals surface area (Å²) in [5.74, 6) is -1.18. The summed E-state index contributed by atoms with van der Waals surface area (Å²) in [6.07, 6.45) is 7.55. The van der Waals surface area contributed by atoms with Crippen LogP contribution in [0.4, 0.5) is 4.79 Å². The van der Waals surface area contributed by atoms with Crippen molar-refractivity contribution in [2.75, 3.05) is 14.1 Å². The van der Waals surface area contributed by atoms with Gasteiger partial charge in [-0.3, -0.25) is 19.4 Å². The van der Waals surface area contributed by atoms with Gasteiger partial charge in [-0.1, -0.05) is 24.3 Å². The lowest BCUT2D eigenvalue weighted by Gasteiger charge is -2.41. The Morgan fingerprint density at radius 2 is 1.67 bits per heavy atom. The number of hydrogen-bond donors (Lipinski definition) is 1. The van der Waals surface area contributed by atoms with Crippen LogP contribution in [-0.4, -0.2) is 41.7 Å². The molecule has 1 heterocycles. The first-order valence-corrected chi connectivity index (χ1v) is 5.35. The van der Waals surface area contributed by atoms with Gasteiger partial charge in [0.1, 0.15) is 0 Å². The van der Waals surface area contributed by atoms with E-state index in [-0.39, 0.29) is 0 Å². The topological polar surface area (TPSA) is 83.7 Å². The van der Waals surface area contributed by atoms with E-state index in [1.165, 1.54) is 26.4 Å². The first-order valence-electron chi connectivity index (χ1n) is 5.35. The van der Waals surface area contributed by atoms with E-state index >= 15 is 0 Å². The van der Waals surface area contributed by atoms with Gasteiger partial charge in [0.05, 0.1) is 0 Å². The number of barbiturate groups is 1. The molecule has 0 bridgehead atoms. The van der Waals surface area contributed by atoms with Gasteiger partial charge in [0.2, 0.25) is 0 Å². The van der Waals surface area contributed by atoms with E-state index in [1.807, 2.05) is 0 Å². The predicted octanol–water partition coefficient (Wildman–Crippen LogP) is -0.00820. The molecule has 0 saturated carbocycles. The van der Waals surface area contributed by atoms with Crippen LogP contribution in [0.15, 0.2) is 36.1 Å². The Morgan fingerprint density at radius 3 is 2.17 bits per heavy atom. The Kier molecular flexibility index (Phi) is 2.58. The molecule has 4 amide bonds. The average Bonchev–Trinajstić information content (AvgIpc) is 2.41. The van der Waals surface area contributed by atoms with Gasteiger partial charge in [0.15, 0.2) is 5.41 Å². The van der Waals surface area contributed by atoms with Gasteiger partial charge in [-0.05, 0) is 11.8 Å². The molecule has 94 valence electrons. The standard InChI is InChI=1S/C12H13N3O3/c1-14-9(16)12(10(17)15(2)11(14)18)6-4-3-5-8(12)7-13/h3-7H,13H2,1-2H3/b8-7+. The van der Waals surface area contributed by atoms with Crippen molar-refractivity contribution in [1.82, 2.24) is 9.80 Å². The molecular weight excluding hydrogens is 234 g/mol. The molecule has 1 saturated heterocycles. The van der Waals surface area contributed by atoms with Gasteiger partial charge in [-0.15, -0.1) is 0 Å². The van der Waals surface area contributed by atoms with Crippen molar-refractivity contribution in [2.24, 2.45) is 11.1 Å². The van der Waals surface area contributed by atoms with Crippen LogP contribution in [0, 0.1) is 5.41 Å². The number of amides is 4. The molecule has 1 aliphatic heterocycles. The van der Waals surface area contributed by atoms with Crippen LogP contribution in [-0.2, 0) is 9.59 Å². The lowest BCUT2D eigenvalue weighted by atomic mass is 9.74. The average molecular weight is 247 g/mol. The summed E-state index contributed by atoms with van der Waals surface area (Å²) >= 11 is 0. The second-order valence-corrected chi connectivity index (χ2v) is 4.16. The lowest BCUT2D eigenvalue weighted by Crippen LogP contribution is -2.63. The van der Waals surface area contributed by atoms with E-state index in [0.29, 0.717) is 5.57 Å². The van der Waals surface area contributed by atoms with Gasteiger partial charge in [-0.2, -0.15) is 0 Å². The molecule has 2 aliphatic rings. The summed E-state index contributed by atoms with van der Waals surface area (Å²) in [6.45, 7) is 0. The summed E-state index contributed by atoms with van der Waals surface area (Å²) in [5, 5.41) is 0. The highest BCUT2D eigenvalue weighted by molar-refractivity contribution is 6.22. The molecular formula is C12H13N3O3. The van der Waals surface area contributed by atoms with Crippen molar-refractivity contribution in [1.29, 1.82) is 0 Å². The van der Waals surface area contributed by atoms with Gasteiger partial charge >= 0.3 is 6.03 Å². The zero-order valence-corrected chi connectivity index (χ0v) is 10.1. The molecule has 0 atom stereocenters. The van der Waals surface area contributed by atoms with E-state index in [0.717, 1.165) is 9.80 Å².